The first kappa shape index (κ1) is 10.6. The highest BCUT2D eigenvalue weighted by molar-refractivity contribution is 5.76. The van der Waals surface area contributed by atoms with Gasteiger partial charge in [-0.05, 0) is 49.9 Å². The normalized spacial score (nSPS) is 45.4. The summed E-state index contributed by atoms with van der Waals surface area (Å²) in [5.41, 5.74) is 5.71. The number of carbonyl (C=O) groups excluding carboxylic acids is 1. The van der Waals surface area contributed by atoms with E-state index in [0.717, 1.165) is 31.1 Å². The average molecular weight is 222 g/mol. The first-order valence-corrected chi connectivity index (χ1v) is 6.75. The summed E-state index contributed by atoms with van der Waals surface area (Å²) in [6.45, 7) is 0. The average Bonchev–Trinajstić information content (AvgIpc) is 2.76. The number of nitrogens with two attached hydrogens (primary N) is 1. The molecule has 3 atom stereocenters. The lowest BCUT2D eigenvalue weighted by Crippen LogP contribution is -2.50. The minimum Gasteiger partial charge on any atom is -0.353 e. The summed E-state index contributed by atoms with van der Waals surface area (Å²) < 4.78 is 0. The maximum absolute atomic E-state index is 11.8. The first-order valence-electron chi connectivity index (χ1n) is 6.75. The van der Waals surface area contributed by atoms with Crippen molar-refractivity contribution in [2.24, 2.45) is 23.5 Å². The molecule has 0 aliphatic heterocycles. The predicted octanol–water partition coefficient (Wildman–Crippen LogP) is 1.42. The van der Waals surface area contributed by atoms with Crippen LogP contribution in [0.25, 0.3) is 0 Å². The van der Waals surface area contributed by atoms with Crippen molar-refractivity contribution in [2.45, 2.75) is 57.0 Å². The molecule has 0 radical (unpaired) electrons. The molecule has 3 aliphatic rings. The molecule has 3 aliphatic carbocycles. The van der Waals surface area contributed by atoms with E-state index in [1.807, 2.05) is 0 Å². The van der Waals surface area contributed by atoms with Gasteiger partial charge in [-0.25, -0.2) is 0 Å². The van der Waals surface area contributed by atoms with E-state index in [-0.39, 0.29) is 5.91 Å². The number of fused-ring (bicyclic) bond motifs is 2. The van der Waals surface area contributed by atoms with Gasteiger partial charge in [0.1, 0.15) is 0 Å². The van der Waals surface area contributed by atoms with Gasteiger partial charge in [0.15, 0.2) is 0 Å². The lowest BCUT2D eigenvalue weighted by molar-refractivity contribution is -0.123. The largest absolute Gasteiger partial charge is 0.353 e. The van der Waals surface area contributed by atoms with E-state index in [0.29, 0.717) is 18.0 Å². The van der Waals surface area contributed by atoms with Crippen LogP contribution in [0.4, 0.5) is 0 Å². The van der Waals surface area contributed by atoms with Gasteiger partial charge in [-0.3, -0.25) is 4.79 Å². The van der Waals surface area contributed by atoms with Crippen LogP contribution in [0.3, 0.4) is 0 Å². The fourth-order valence-corrected chi connectivity index (χ4v) is 3.93. The van der Waals surface area contributed by atoms with Gasteiger partial charge in [-0.1, -0.05) is 6.42 Å². The van der Waals surface area contributed by atoms with Crippen LogP contribution in [0, 0.1) is 17.8 Å². The Kier molecular flexibility index (Phi) is 2.66. The van der Waals surface area contributed by atoms with Gasteiger partial charge in [-0.2, -0.15) is 0 Å². The summed E-state index contributed by atoms with van der Waals surface area (Å²) in [7, 11) is 0. The molecule has 0 spiro atoms. The third-order valence-electron chi connectivity index (χ3n) is 4.87. The van der Waals surface area contributed by atoms with E-state index in [9.17, 15) is 4.79 Å². The Labute approximate surface area is 97.2 Å². The van der Waals surface area contributed by atoms with E-state index in [1.54, 1.807) is 0 Å². The zero-order valence-corrected chi connectivity index (χ0v) is 9.82. The Morgan fingerprint density at radius 2 is 2.00 bits per heavy atom. The molecule has 3 nitrogen and oxygen atoms in total. The molecule has 0 aromatic carbocycles. The van der Waals surface area contributed by atoms with E-state index >= 15 is 0 Å². The summed E-state index contributed by atoms with van der Waals surface area (Å²) in [5.74, 6) is 2.77. The quantitative estimate of drug-likeness (QED) is 0.758. The molecule has 0 aromatic rings. The molecule has 3 unspecified atom stereocenters. The SMILES string of the molecule is NC1CC(NC(=O)CC2CC3CCC2C3)C1. The van der Waals surface area contributed by atoms with E-state index in [1.165, 1.54) is 25.7 Å². The number of nitrogens with one attached hydrogen (secondary N) is 1. The second-order valence-electron chi connectivity index (χ2n) is 6.13. The van der Waals surface area contributed by atoms with Gasteiger partial charge < -0.3 is 11.1 Å². The molecule has 16 heavy (non-hydrogen) atoms. The highest BCUT2D eigenvalue weighted by atomic mass is 16.1. The van der Waals surface area contributed by atoms with Crippen LogP contribution in [0.1, 0.15) is 44.9 Å². The van der Waals surface area contributed by atoms with Crippen LogP contribution in [-0.4, -0.2) is 18.0 Å². The van der Waals surface area contributed by atoms with E-state index in [2.05, 4.69) is 5.32 Å². The van der Waals surface area contributed by atoms with Crippen molar-refractivity contribution in [3.05, 3.63) is 0 Å². The van der Waals surface area contributed by atoms with Crippen molar-refractivity contribution in [1.82, 2.24) is 5.32 Å². The molecule has 0 heterocycles. The summed E-state index contributed by atoms with van der Waals surface area (Å²) in [5, 5.41) is 3.11. The molecule has 3 N–H and O–H groups in total. The minimum absolute atomic E-state index is 0.273. The molecular weight excluding hydrogens is 200 g/mol. The smallest absolute Gasteiger partial charge is 0.220 e. The number of hydrogen-bond acceptors (Lipinski definition) is 2. The van der Waals surface area contributed by atoms with Crippen LogP contribution in [0.2, 0.25) is 0 Å². The van der Waals surface area contributed by atoms with E-state index in [4.69, 9.17) is 5.73 Å². The maximum Gasteiger partial charge on any atom is 0.220 e. The third-order valence-corrected chi connectivity index (χ3v) is 4.87. The molecule has 0 aromatic heterocycles. The molecule has 2 bridgehead atoms. The molecule has 90 valence electrons. The van der Waals surface area contributed by atoms with Gasteiger partial charge in [0.2, 0.25) is 5.91 Å². The fourth-order valence-electron chi connectivity index (χ4n) is 3.93. The second-order valence-corrected chi connectivity index (χ2v) is 6.13. The zero-order chi connectivity index (χ0) is 11.1. The van der Waals surface area contributed by atoms with Crippen molar-refractivity contribution in [3.63, 3.8) is 0 Å². The monoisotopic (exact) mass is 222 g/mol. The number of amides is 1. The Bertz CT molecular complexity index is 286. The second kappa shape index (κ2) is 4.02. The molecule has 3 saturated carbocycles. The first-order chi connectivity index (χ1) is 7.70. The maximum atomic E-state index is 11.8. The van der Waals surface area contributed by atoms with Crippen molar-refractivity contribution < 1.29 is 4.79 Å². The van der Waals surface area contributed by atoms with Crippen LogP contribution in [-0.2, 0) is 4.79 Å². The van der Waals surface area contributed by atoms with Gasteiger partial charge in [0.05, 0.1) is 0 Å². The standard InChI is InChI=1S/C13H22N2O/c14-11-6-12(7-11)15-13(16)5-10-4-8-1-2-9(10)3-8/h8-12H,1-7,14H2,(H,15,16). The predicted molar refractivity (Wildman–Crippen MR) is 62.7 cm³/mol. The Hall–Kier alpha value is -0.570. The lowest BCUT2D eigenvalue weighted by Gasteiger charge is -2.33. The van der Waals surface area contributed by atoms with Crippen LogP contribution < -0.4 is 11.1 Å². The Morgan fingerprint density at radius 3 is 2.56 bits per heavy atom. The van der Waals surface area contributed by atoms with Crippen LogP contribution in [0.5, 0.6) is 0 Å². The fraction of sp³-hybridized carbons (Fsp3) is 0.923. The lowest BCUT2D eigenvalue weighted by atomic mass is 9.85. The molecule has 3 fully saturated rings. The van der Waals surface area contributed by atoms with Gasteiger partial charge in [-0.15, -0.1) is 0 Å². The number of carbonyl (C=O) groups is 1. The molecule has 1 amide bonds. The van der Waals surface area contributed by atoms with E-state index < -0.39 is 0 Å². The Balaban J connectivity index is 1.43. The van der Waals surface area contributed by atoms with Crippen molar-refractivity contribution in [3.8, 4) is 0 Å². The summed E-state index contributed by atoms with van der Waals surface area (Å²) in [4.78, 5) is 11.8. The van der Waals surface area contributed by atoms with Gasteiger partial charge in [0, 0.05) is 18.5 Å². The highest BCUT2D eigenvalue weighted by Crippen LogP contribution is 2.49. The third kappa shape index (κ3) is 1.97. The van der Waals surface area contributed by atoms with Crippen LogP contribution in [0.15, 0.2) is 0 Å². The highest BCUT2D eigenvalue weighted by Gasteiger charge is 2.40. The molecule has 3 heteroatoms. The molecular formula is C13H22N2O. The van der Waals surface area contributed by atoms with Crippen LogP contribution >= 0.6 is 0 Å². The van der Waals surface area contributed by atoms with Crippen molar-refractivity contribution >= 4 is 5.91 Å². The minimum atomic E-state index is 0.273. The van der Waals surface area contributed by atoms with Crippen molar-refractivity contribution in [1.29, 1.82) is 0 Å². The molecule has 0 saturated heterocycles. The van der Waals surface area contributed by atoms with Gasteiger partial charge >= 0.3 is 0 Å². The summed E-state index contributed by atoms with van der Waals surface area (Å²) in [6.07, 6.45) is 8.21. The van der Waals surface area contributed by atoms with Crippen molar-refractivity contribution in [2.75, 3.05) is 0 Å². The summed E-state index contributed by atoms with van der Waals surface area (Å²) >= 11 is 0. The zero-order valence-electron chi connectivity index (χ0n) is 9.82. The Morgan fingerprint density at radius 1 is 1.19 bits per heavy atom. The topological polar surface area (TPSA) is 55.1 Å². The molecule has 3 rings (SSSR count). The summed E-state index contributed by atoms with van der Waals surface area (Å²) in [6, 6.07) is 0.703. The van der Waals surface area contributed by atoms with Gasteiger partial charge in [0.25, 0.3) is 0 Å². The number of hydrogen-bond donors (Lipinski definition) is 2. The number of rotatable bonds is 3.